The van der Waals surface area contributed by atoms with Crippen molar-refractivity contribution >= 4 is 35.1 Å². The second-order valence-electron chi connectivity index (χ2n) is 8.47. The molecule has 1 aliphatic carbocycles. The molecule has 2 aromatic carbocycles. The molecule has 0 aromatic heterocycles. The minimum atomic E-state index is -1.12. The van der Waals surface area contributed by atoms with Crippen LogP contribution >= 0.6 is 0 Å². The van der Waals surface area contributed by atoms with Crippen molar-refractivity contribution < 1.29 is 24.3 Å². The summed E-state index contributed by atoms with van der Waals surface area (Å²) in [5, 5.41) is 16.7. The van der Waals surface area contributed by atoms with E-state index in [0.717, 1.165) is 29.7 Å². The zero-order chi connectivity index (χ0) is 24.7. The number of carboxylic acid groups (broad SMARTS) is 1. The van der Waals surface area contributed by atoms with Crippen LogP contribution in [0.3, 0.4) is 0 Å². The fourth-order valence-corrected chi connectivity index (χ4v) is 3.64. The molecule has 0 saturated heterocycles. The molecule has 0 atom stereocenters. The van der Waals surface area contributed by atoms with E-state index in [-0.39, 0.29) is 24.8 Å². The number of aliphatic carboxylic acids is 1. The predicted octanol–water partition coefficient (Wildman–Crippen LogP) is 2.55. The lowest BCUT2D eigenvalue weighted by atomic mass is 10.1. The highest BCUT2D eigenvalue weighted by molar-refractivity contribution is 5.97. The maximum absolute atomic E-state index is 12.6. The number of nitrogens with zero attached hydrogens (tertiary/aromatic N) is 1. The normalized spacial score (nSPS) is 12.8. The lowest BCUT2D eigenvalue weighted by molar-refractivity contribution is -0.135. The van der Waals surface area contributed by atoms with Crippen LogP contribution in [0, 0.1) is 13.8 Å². The summed E-state index contributed by atoms with van der Waals surface area (Å²) in [6.07, 6.45) is 2.27. The molecular formula is C25H30N4O5. The van der Waals surface area contributed by atoms with Gasteiger partial charge in [0.2, 0.25) is 11.8 Å². The second kappa shape index (κ2) is 11.4. The van der Waals surface area contributed by atoms with Crippen LogP contribution in [0.2, 0.25) is 0 Å². The van der Waals surface area contributed by atoms with Gasteiger partial charge in [0.05, 0.1) is 6.54 Å². The van der Waals surface area contributed by atoms with Gasteiger partial charge in [0.1, 0.15) is 6.54 Å². The first-order chi connectivity index (χ1) is 16.2. The van der Waals surface area contributed by atoms with E-state index in [1.165, 1.54) is 12.1 Å². The highest BCUT2D eigenvalue weighted by atomic mass is 16.4. The Morgan fingerprint density at radius 3 is 2.18 bits per heavy atom. The third-order valence-electron chi connectivity index (χ3n) is 5.61. The molecule has 3 rings (SSSR count). The fraction of sp³-hybridized carbons (Fsp3) is 0.360. The standard InChI is InChI=1S/C25H30N4O5/c1-16-4-3-5-17(2)24(16)28-22(31)15-29(20-10-11-20)13-12-21(30)27-19-8-6-18(7-9-19)25(34)26-14-23(32)33/h3-9,20H,10-15H2,1-2H3,(H,26,34)(H,27,30)(H,28,31)(H,32,33). The number of amides is 3. The van der Waals surface area contributed by atoms with Gasteiger partial charge in [0, 0.05) is 35.9 Å². The first-order valence-corrected chi connectivity index (χ1v) is 11.2. The summed E-state index contributed by atoms with van der Waals surface area (Å²) < 4.78 is 0. The van der Waals surface area contributed by atoms with Crippen molar-refractivity contribution in [2.75, 3.05) is 30.3 Å². The summed E-state index contributed by atoms with van der Waals surface area (Å²) in [6, 6.07) is 12.4. The van der Waals surface area contributed by atoms with Gasteiger partial charge in [-0.1, -0.05) is 18.2 Å². The van der Waals surface area contributed by atoms with Crippen LogP contribution in [0.1, 0.15) is 40.7 Å². The molecule has 9 nitrogen and oxygen atoms in total. The average molecular weight is 467 g/mol. The molecule has 2 aromatic rings. The molecule has 1 saturated carbocycles. The van der Waals surface area contributed by atoms with Crippen molar-refractivity contribution in [1.82, 2.24) is 10.2 Å². The Balaban J connectivity index is 1.48. The number of anilines is 2. The molecule has 34 heavy (non-hydrogen) atoms. The maximum atomic E-state index is 12.6. The van der Waals surface area contributed by atoms with Crippen LogP contribution in [0.4, 0.5) is 11.4 Å². The Labute approximate surface area is 198 Å². The van der Waals surface area contributed by atoms with Crippen LogP contribution in [-0.2, 0) is 14.4 Å². The van der Waals surface area contributed by atoms with Crippen molar-refractivity contribution in [3.63, 3.8) is 0 Å². The molecule has 1 aliphatic rings. The fourth-order valence-electron chi connectivity index (χ4n) is 3.64. The number of hydrogen-bond acceptors (Lipinski definition) is 5. The number of carbonyl (C=O) groups is 4. The van der Waals surface area contributed by atoms with E-state index in [1.807, 2.05) is 36.9 Å². The number of para-hydroxylation sites is 1. The lowest BCUT2D eigenvalue weighted by Crippen LogP contribution is -2.37. The van der Waals surface area contributed by atoms with Gasteiger partial charge in [-0.15, -0.1) is 0 Å². The quantitative estimate of drug-likeness (QED) is 0.403. The summed E-state index contributed by atoms with van der Waals surface area (Å²) >= 11 is 0. The molecule has 4 N–H and O–H groups in total. The summed E-state index contributed by atoms with van der Waals surface area (Å²) in [5.41, 5.74) is 3.69. The van der Waals surface area contributed by atoms with E-state index >= 15 is 0 Å². The van der Waals surface area contributed by atoms with Gasteiger partial charge in [0.25, 0.3) is 5.91 Å². The van der Waals surface area contributed by atoms with Gasteiger partial charge in [-0.2, -0.15) is 0 Å². The van der Waals surface area contributed by atoms with E-state index in [1.54, 1.807) is 12.1 Å². The second-order valence-corrected chi connectivity index (χ2v) is 8.47. The SMILES string of the molecule is Cc1cccc(C)c1NC(=O)CN(CCC(=O)Nc1ccc(C(=O)NCC(=O)O)cc1)C1CC1. The first-order valence-electron chi connectivity index (χ1n) is 11.2. The highest BCUT2D eigenvalue weighted by Gasteiger charge is 2.30. The minimum Gasteiger partial charge on any atom is -0.480 e. The largest absolute Gasteiger partial charge is 0.480 e. The number of nitrogens with one attached hydrogen (secondary N) is 3. The molecule has 0 bridgehead atoms. The molecule has 1 fully saturated rings. The number of carbonyl (C=O) groups excluding carboxylic acids is 3. The minimum absolute atomic E-state index is 0.0959. The van der Waals surface area contributed by atoms with Crippen LogP contribution in [0.5, 0.6) is 0 Å². The van der Waals surface area contributed by atoms with Gasteiger partial charge in [0.15, 0.2) is 0 Å². The van der Waals surface area contributed by atoms with Crippen molar-refractivity contribution in [2.24, 2.45) is 0 Å². The van der Waals surface area contributed by atoms with E-state index in [9.17, 15) is 19.2 Å². The van der Waals surface area contributed by atoms with Crippen molar-refractivity contribution in [3.8, 4) is 0 Å². The van der Waals surface area contributed by atoms with Crippen molar-refractivity contribution in [3.05, 3.63) is 59.2 Å². The first kappa shape index (κ1) is 24.9. The van der Waals surface area contributed by atoms with Crippen LogP contribution in [0.25, 0.3) is 0 Å². The Morgan fingerprint density at radius 1 is 0.941 bits per heavy atom. The topological polar surface area (TPSA) is 128 Å². The predicted molar refractivity (Wildman–Crippen MR) is 129 cm³/mol. The zero-order valence-electron chi connectivity index (χ0n) is 19.4. The van der Waals surface area contributed by atoms with Crippen LogP contribution in [-0.4, -0.2) is 59.4 Å². The third kappa shape index (κ3) is 7.41. The Morgan fingerprint density at radius 2 is 1.59 bits per heavy atom. The number of hydrogen-bond donors (Lipinski definition) is 4. The number of rotatable bonds is 11. The summed E-state index contributed by atoms with van der Waals surface area (Å²) in [5.74, 6) is -1.91. The molecule has 0 radical (unpaired) electrons. The van der Waals surface area contributed by atoms with Crippen LogP contribution < -0.4 is 16.0 Å². The molecule has 0 spiro atoms. The monoisotopic (exact) mass is 466 g/mol. The van der Waals surface area contributed by atoms with Crippen molar-refractivity contribution in [1.29, 1.82) is 0 Å². The third-order valence-corrected chi connectivity index (χ3v) is 5.61. The molecular weight excluding hydrogens is 436 g/mol. The van der Waals surface area contributed by atoms with E-state index in [0.29, 0.717) is 23.8 Å². The molecule has 0 unspecified atom stereocenters. The van der Waals surface area contributed by atoms with E-state index in [2.05, 4.69) is 16.0 Å². The number of carboxylic acids is 1. The van der Waals surface area contributed by atoms with Gasteiger partial charge >= 0.3 is 5.97 Å². The Hall–Kier alpha value is -3.72. The molecule has 0 heterocycles. The van der Waals surface area contributed by atoms with Gasteiger partial charge in [-0.25, -0.2) is 0 Å². The van der Waals surface area contributed by atoms with E-state index < -0.39 is 18.4 Å². The smallest absolute Gasteiger partial charge is 0.322 e. The summed E-state index contributed by atoms with van der Waals surface area (Å²) in [7, 11) is 0. The molecule has 3 amide bonds. The number of aryl methyl sites for hydroxylation is 2. The zero-order valence-corrected chi connectivity index (χ0v) is 19.4. The Kier molecular flexibility index (Phi) is 8.37. The summed E-state index contributed by atoms with van der Waals surface area (Å²) in [6.45, 7) is 4.15. The Bertz CT molecular complexity index is 1040. The van der Waals surface area contributed by atoms with Crippen LogP contribution in [0.15, 0.2) is 42.5 Å². The van der Waals surface area contributed by atoms with Gasteiger partial charge in [-0.05, 0) is 62.1 Å². The lowest BCUT2D eigenvalue weighted by Gasteiger charge is -2.22. The number of benzene rings is 2. The van der Waals surface area contributed by atoms with Crippen molar-refractivity contribution in [2.45, 2.75) is 39.2 Å². The van der Waals surface area contributed by atoms with Gasteiger partial charge < -0.3 is 21.1 Å². The molecule has 0 aliphatic heterocycles. The summed E-state index contributed by atoms with van der Waals surface area (Å²) in [4.78, 5) is 49.5. The maximum Gasteiger partial charge on any atom is 0.322 e. The highest BCUT2D eigenvalue weighted by Crippen LogP contribution is 2.27. The average Bonchev–Trinajstić information content (AvgIpc) is 3.63. The molecule has 180 valence electrons. The molecule has 9 heteroatoms. The van der Waals surface area contributed by atoms with E-state index in [4.69, 9.17) is 5.11 Å². The van der Waals surface area contributed by atoms with Gasteiger partial charge in [-0.3, -0.25) is 24.1 Å².